The second kappa shape index (κ2) is 9.55. The molecule has 0 saturated heterocycles. The van der Waals surface area contributed by atoms with Crippen LogP contribution in [0.3, 0.4) is 0 Å². The van der Waals surface area contributed by atoms with Crippen molar-refractivity contribution in [3.8, 4) is 23.0 Å². The first-order chi connectivity index (χ1) is 17.5. The normalized spacial score (nSPS) is 11.7. The van der Waals surface area contributed by atoms with E-state index in [0.717, 1.165) is 0 Å². The minimum Gasteiger partial charge on any atom is -0.395 e. The number of ketones is 2. The van der Waals surface area contributed by atoms with Crippen molar-refractivity contribution >= 4 is 23.9 Å². The summed E-state index contributed by atoms with van der Waals surface area (Å²) in [5, 5.41) is 0. The number of carbonyl (C=O) groups excluding carboxylic acids is 4. The highest BCUT2D eigenvalue weighted by Gasteiger charge is 2.36. The second-order valence-corrected chi connectivity index (χ2v) is 7.55. The zero-order valence-corrected chi connectivity index (χ0v) is 18.5. The van der Waals surface area contributed by atoms with Gasteiger partial charge in [0.25, 0.3) is 0 Å². The molecule has 0 saturated carbocycles. The van der Waals surface area contributed by atoms with Gasteiger partial charge in [-0.25, -0.2) is 9.59 Å². The Balaban J connectivity index is 1.51. The summed E-state index contributed by atoms with van der Waals surface area (Å²) >= 11 is 0. The van der Waals surface area contributed by atoms with E-state index in [4.69, 9.17) is 18.9 Å². The standard InChI is InChI=1S/C28H16O8/c29-25-19-13-7-8-14-20(19)26(30)24-22(36-28(32)34-18-11-5-2-6-12-18)16-15-21(23(24)25)35-27(31)33-17-9-3-1-4-10-17/h1-16H. The van der Waals surface area contributed by atoms with Crippen molar-refractivity contribution in [2.75, 3.05) is 0 Å². The van der Waals surface area contributed by atoms with Gasteiger partial charge < -0.3 is 18.9 Å². The lowest BCUT2D eigenvalue weighted by molar-refractivity contribution is 0.0970. The quantitative estimate of drug-likeness (QED) is 0.241. The van der Waals surface area contributed by atoms with Crippen LogP contribution in [-0.2, 0) is 0 Å². The Morgan fingerprint density at radius 3 is 1.19 bits per heavy atom. The maximum Gasteiger partial charge on any atom is 0.519 e. The van der Waals surface area contributed by atoms with Crippen LogP contribution in [0, 0.1) is 0 Å². The van der Waals surface area contributed by atoms with Crippen molar-refractivity contribution in [3.05, 3.63) is 119 Å². The molecule has 176 valence electrons. The van der Waals surface area contributed by atoms with Crippen LogP contribution in [0.25, 0.3) is 0 Å². The topological polar surface area (TPSA) is 105 Å². The third-order valence-electron chi connectivity index (χ3n) is 5.27. The van der Waals surface area contributed by atoms with Crippen molar-refractivity contribution in [1.29, 1.82) is 0 Å². The van der Waals surface area contributed by atoms with E-state index in [1.54, 1.807) is 72.8 Å². The molecule has 0 spiro atoms. The molecular weight excluding hydrogens is 464 g/mol. The van der Waals surface area contributed by atoms with E-state index >= 15 is 0 Å². The fourth-order valence-corrected chi connectivity index (χ4v) is 3.72. The van der Waals surface area contributed by atoms with Gasteiger partial charge in [0.2, 0.25) is 0 Å². The van der Waals surface area contributed by atoms with Crippen LogP contribution in [0.5, 0.6) is 23.0 Å². The SMILES string of the molecule is O=C(Oc1ccccc1)Oc1ccc(OC(=O)Oc2ccccc2)c2c1C(=O)c1ccccc1C2=O. The minimum absolute atomic E-state index is 0.125. The molecule has 0 bridgehead atoms. The highest BCUT2D eigenvalue weighted by atomic mass is 16.7. The zero-order valence-electron chi connectivity index (χ0n) is 18.5. The number of fused-ring (bicyclic) bond motifs is 2. The molecule has 0 N–H and O–H groups in total. The Morgan fingerprint density at radius 2 is 0.806 bits per heavy atom. The molecule has 8 heteroatoms. The molecule has 0 amide bonds. The van der Waals surface area contributed by atoms with Crippen LogP contribution in [0.15, 0.2) is 97.1 Å². The second-order valence-electron chi connectivity index (χ2n) is 7.55. The number of ether oxygens (including phenoxy) is 4. The van der Waals surface area contributed by atoms with Gasteiger partial charge in [-0.3, -0.25) is 9.59 Å². The minimum atomic E-state index is -1.11. The van der Waals surface area contributed by atoms with E-state index in [1.165, 1.54) is 24.3 Å². The van der Waals surface area contributed by atoms with Gasteiger partial charge in [0.1, 0.15) is 23.0 Å². The first-order valence-electron chi connectivity index (χ1n) is 10.8. The number of hydrogen-bond acceptors (Lipinski definition) is 8. The number of para-hydroxylation sites is 2. The summed E-state index contributed by atoms with van der Waals surface area (Å²) < 4.78 is 20.9. The summed E-state index contributed by atoms with van der Waals surface area (Å²) in [5.41, 5.74) is -0.206. The summed E-state index contributed by atoms with van der Waals surface area (Å²) in [7, 11) is 0. The van der Waals surface area contributed by atoms with Crippen LogP contribution >= 0.6 is 0 Å². The predicted octanol–water partition coefficient (Wildman–Crippen LogP) is 5.62. The number of rotatable bonds is 4. The summed E-state index contributed by atoms with van der Waals surface area (Å²) in [4.78, 5) is 51.6. The average Bonchev–Trinajstić information content (AvgIpc) is 2.89. The van der Waals surface area contributed by atoms with Gasteiger partial charge >= 0.3 is 12.3 Å². The van der Waals surface area contributed by atoms with Crippen molar-refractivity contribution in [2.45, 2.75) is 0 Å². The molecule has 1 aliphatic carbocycles. The summed E-state index contributed by atoms with van der Waals surface area (Å²) in [5.74, 6) is -1.14. The molecule has 0 fully saturated rings. The Morgan fingerprint density at radius 1 is 0.444 bits per heavy atom. The highest BCUT2D eigenvalue weighted by Crippen LogP contribution is 2.39. The first kappa shape index (κ1) is 22.5. The monoisotopic (exact) mass is 480 g/mol. The Kier molecular flexibility index (Phi) is 5.98. The largest absolute Gasteiger partial charge is 0.519 e. The molecule has 0 unspecified atom stereocenters. The molecule has 4 aromatic rings. The van der Waals surface area contributed by atoms with Crippen molar-refractivity contribution in [3.63, 3.8) is 0 Å². The lowest BCUT2D eigenvalue weighted by atomic mass is 9.83. The van der Waals surface area contributed by atoms with E-state index in [0.29, 0.717) is 0 Å². The molecule has 0 radical (unpaired) electrons. The van der Waals surface area contributed by atoms with E-state index < -0.39 is 23.9 Å². The molecule has 0 atom stereocenters. The fraction of sp³-hybridized carbons (Fsp3) is 0. The lowest BCUT2D eigenvalue weighted by Gasteiger charge is -2.21. The van der Waals surface area contributed by atoms with Crippen molar-refractivity contribution in [2.24, 2.45) is 0 Å². The first-order valence-corrected chi connectivity index (χ1v) is 10.8. The van der Waals surface area contributed by atoms with Gasteiger partial charge in [0.05, 0.1) is 11.1 Å². The van der Waals surface area contributed by atoms with Crippen LogP contribution in [-0.4, -0.2) is 23.9 Å². The summed E-state index contributed by atoms with van der Waals surface area (Å²) in [6, 6.07) is 25.1. The van der Waals surface area contributed by atoms with Gasteiger partial charge in [-0.1, -0.05) is 60.7 Å². The van der Waals surface area contributed by atoms with E-state index in [2.05, 4.69) is 0 Å². The molecule has 0 heterocycles. The molecule has 5 rings (SSSR count). The molecule has 36 heavy (non-hydrogen) atoms. The molecule has 4 aromatic carbocycles. The fourth-order valence-electron chi connectivity index (χ4n) is 3.72. The van der Waals surface area contributed by atoms with Gasteiger partial charge in [-0.15, -0.1) is 0 Å². The zero-order chi connectivity index (χ0) is 25.1. The number of benzene rings is 4. The van der Waals surface area contributed by atoms with Crippen molar-refractivity contribution < 1.29 is 38.1 Å². The summed E-state index contributed by atoms with van der Waals surface area (Å²) in [6.45, 7) is 0. The maximum atomic E-state index is 13.4. The molecule has 0 aromatic heterocycles. The van der Waals surface area contributed by atoms with Gasteiger partial charge in [-0.2, -0.15) is 0 Å². The van der Waals surface area contributed by atoms with Crippen LogP contribution in [0.1, 0.15) is 31.8 Å². The Labute approximate surface area is 204 Å². The Bertz CT molecular complexity index is 1380. The number of carbonyl (C=O) groups is 4. The molecule has 1 aliphatic rings. The van der Waals surface area contributed by atoms with Gasteiger partial charge in [-0.05, 0) is 36.4 Å². The third kappa shape index (κ3) is 4.43. The van der Waals surface area contributed by atoms with Crippen LogP contribution in [0.4, 0.5) is 9.59 Å². The molecule has 8 nitrogen and oxygen atoms in total. The van der Waals surface area contributed by atoms with Crippen LogP contribution < -0.4 is 18.9 Å². The number of hydrogen-bond donors (Lipinski definition) is 0. The van der Waals surface area contributed by atoms with Gasteiger partial charge in [0, 0.05) is 11.1 Å². The third-order valence-corrected chi connectivity index (χ3v) is 5.27. The smallest absolute Gasteiger partial charge is 0.395 e. The Hall–Kier alpha value is -5.24. The maximum absolute atomic E-state index is 13.4. The predicted molar refractivity (Wildman–Crippen MR) is 126 cm³/mol. The summed E-state index contributed by atoms with van der Waals surface area (Å²) in [6.07, 6.45) is -2.22. The lowest BCUT2D eigenvalue weighted by Crippen LogP contribution is -2.25. The van der Waals surface area contributed by atoms with Gasteiger partial charge in [0.15, 0.2) is 11.6 Å². The van der Waals surface area contributed by atoms with E-state index in [9.17, 15) is 19.2 Å². The van der Waals surface area contributed by atoms with E-state index in [-0.39, 0.29) is 45.3 Å². The molecule has 0 aliphatic heterocycles. The van der Waals surface area contributed by atoms with Crippen molar-refractivity contribution in [1.82, 2.24) is 0 Å². The molecular formula is C28H16O8. The highest BCUT2D eigenvalue weighted by molar-refractivity contribution is 6.30. The van der Waals surface area contributed by atoms with E-state index in [1.807, 2.05) is 0 Å². The average molecular weight is 480 g/mol. The van der Waals surface area contributed by atoms with Crippen LogP contribution in [0.2, 0.25) is 0 Å².